The zero-order valence-corrected chi connectivity index (χ0v) is 12.3. The Balaban J connectivity index is 2.44. The fourth-order valence-electron chi connectivity index (χ4n) is 1.58. The normalized spacial score (nSPS) is 11.1. The Bertz CT molecular complexity index is 808. The maximum absolute atomic E-state index is 12.3. The summed E-state index contributed by atoms with van der Waals surface area (Å²) in [7, 11) is -4.01. The molecule has 0 aliphatic carbocycles. The molecule has 2 N–H and O–H groups in total. The van der Waals surface area contributed by atoms with E-state index in [1.54, 1.807) is 6.92 Å². The second-order valence-electron chi connectivity index (χ2n) is 4.09. The van der Waals surface area contributed by atoms with Crippen molar-refractivity contribution in [1.82, 2.24) is 9.97 Å². The second kappa shape index (κ2) is 5.66. The number of anilines is 1. The number of rotatable bonds is 4. The summed E-state index contributed by atoms with van der Waals surface area (Å²) in [5.74, 6) is -1.41. The summed E-state index contributed by atoms with van der Waals surface area (Å²) in [4.78, 5) is 18.2. The zero-order valence-electron chi connectivity index (χ0n) is 10.7. The third-order valence-electron chi connectivity index (χ3n) is 2.57. The number of hydrogen-bond acceptors (Lipinski definition) is 5. The number of hydrogen-bond donors (Lipinski definition) is 2. The number of aromatic nitrogens is 2. The van der Waals surface area contributed by atoms with E-state index in [1.165, 1.54) is 24.4 Å². The van der Waals surface area contributed by atoms with Crippen molar-refractivity contribution in [3.8, 4) is 0 Å². The molecule has 0 fully saturated rings. The van der Waals surface area contributed by atoms with Gasteiger partial charge >= 0.3 is 5.97 Å². The Hall–Kier alpha value is -2.19. The highest BCUT2D eigenvalue weighted by molar-refractivity contribution is 7.92. The van der Waals surface area contributed by atoms with Crippen LogP contribution in [-0.2, 0) is 10.0 Å². The van der Waals surface area contributed by atoms with Crippen LogP contribution in [0.2, 0.25) is 5.15 Å². The smallest absolute Gasteiger partial charge is 0.335 e. The molecule has 0 saturated carbocycles. The quantitative estimate of drug-likeness (QED) is 0.830. The number of aromatic carboxylic acids is 1. The van der Waals surface area contributed by atoms with Gasteiger partial charge in [-0.1, -0.05) is 17.7 Å². The summed E-state index contributed by atoms with van der Waals surface area (Å²) in [5, 5.41) is 9.02. The van der Waals surface area contributed by atoms with Gasteiger partial charge in [-0.2, -0.15) is 0 Å². The van der Waals surface area contributed by atoms with E-state index in [-0.39, 0.29) is 21.6 Å². The van der Waals surface area contributed by atoms with Gasteiger partial charge in [0, 0.05) is 6.20 Å². The lowest BCUT2D eigenvalue weighted by molar-refractivity contribution is 0.0696. The number of carboxylic acid groups (broad SMARTS) is 1. The number of benzene rings is 1. The molecule has 1 aromatic carbocycles. The van der Waals surface area contributed by atoms with E-state index in [2.05, 4.69) is 14.7 Å². The molecule has 0 unspecified atom stereocenters. The molecule has 2 rings (SSSR count). The summed E-state index contributed by atoms with van der Waals surface area (Å²) in [6.45, 7) is 1.55. The van der Waals surface area contributed by atoms with Gasteiger partial charge < -0.3 is 5.11 Å². The van der Waals surface area contributed by atoms with Crippen LogP contribution in [0, 0.1) is 6.92 Å². The monoisotopic (exact) mass is 327 g/mol. The third kappa shape index (κ3) is 3.47. The van der Waals surface area contributed by atoms with Crippen molar-refractivity contribution in [3.05, 3.63) is 46.7 Å². The van der Waals surface area contributed by atoms with Crippen LogP contribution in [0.5, 0.6) is 0 Å². The lowest BCUT2D eigenvalue weighted by Crippen LogP contribution is -2.17. The molecular formula is C12H10ClN3O4S. The van der Waals surface area contributed by atoms with E-state index in [1.807, 2.05) is 0 Å². The summed E-state index contributed by atoms with van der Waals surface area (Å²) in [6.07, 6.45) is 1.30. The first-order chi connectivity index (χ1) is 9.79. The summed E-state index contributed by atoms with van der Waals surface area (Å²) in [5.41, 5.74) is 0.266. The average Bonchev–Trinajstić information content (AvgIpc) is 2.38. The lowest BCUT2D eigenvalue weighted by atomic mass is 10.1. The van der Waals surface area contributed by atoms with E-state index in [0.717, 1.165) is 6.07 Å². The largest absolute Gasteiger partial charge is 0.478 e. The minimum Gasteiger partial charge on any atom is -0.478 e. The minimum absolute atomic E-state index is 0.0821. The number of carbonyl (C=O) groups is 1. The Morgan fingerprint density at radius 2 is 2.05 bits per heavy atom. The van der Waals surface area contributed by atoms with Crippen LogP contribution >= 0.6 is 11.6 Å². The van der Waals surface area contributed by atoms with Gasteiger partial charge in [0.15, 0.2) is 0 Å². The molecule has 7 nitrogen and oxygen atoms in total. The predicted octanol–water partition coefficient (Wildman–Crippen LogP) is 1.94. The van der Waals surface area contributed by atoms with Crippen LogP contribution in [0.25, 0.3) is 0 Å². The first-order valence-corrected chi connectivity index (χ1v) is 7.51. The molecule has 0 spiro atoms. The van der Waals surface area contributed by atoms with Crippen molar-refractivity contribution >= 4 is 33.5 Å². The SMILES string of the molecule is Cc1ccc(C(=O)O)cc1S(=O)(=O)Nc1nccc(Cl)n1. The van der Waals surface area contributed by atoms with E-state index in [9.17, 15) is 13.2 Å². The Labute approximate surface area is 125 Å². The number of halogens is 1. The van der Waals surface area contributed by atoms with E-state index >= 15 is 0 Å². The fraction of sp³-hybridized carbons (Fsp3) is 0.0833. The molecule has 110 valence electrons. The van der Waals surface area contributed by atoms with Crippen LogP contribution in [-0.4, -0.2) is 29.5 Å². The first-order valence-electron chi connectivity index (χ1n) is 5.65. The van der Waals surface area contributed by atoms with Gasteiger partial charge in [0.1, 0.15) is 5.15 Å². The Kier molecular flexibility index (Phi) is 4.10. The number of aryl methyl sites for hydroxylation is 1. The highest BCUT2D eigenvalue weighted by Gasteiger charge is 2.20. The van der Waals surface area contributed by atoms with Crippen LogP contribution < -0.4 is 4.72 Å². The van der Waals surface area contributed by atoms with Gasteiger partial charge in [0.05, 0.1) is 10.5 Å². The summed E-state index contributed by atoms with van der Waals surface area (Å²) < 4.78 is 26.7. The van der Waals surface area contributed by atoms with Crippen molar-refractivity contribution in [3.63, 3.8) is 0 Å². The zero-order chi connectivity index (χ0) is 15.6. The maximum Gasteiger partial charge on any atom is 0.335 e. The topological polar surface area (TPSA) is 109 Å². The van der Waals surface area contributed by atoms with E-state index in [4.69, 9.17) is 16.7 Å². The summed E-state index contributed by atoms with van der Waals surface area (Å²) in [6, 6.07) is 5.21. The van der Waals surface area contributed by atoms with Crippen molar-refractivity contribution < 1.29 is 18.3 Å². The van der Waals surface area contributed by atoms with Gasteiger partial charge in [0.2, 0.25) is 5.95 Å². The highest BCUT2D eigenvalue weighted by atomic mass is 35.5. The Morgan fingerprint density at radius 1 is 1.33 bits per heavy atom. The van der Waals surface area contributed by atoms with Gasteiger partial charge in [-0.3, -0.25) is 0 Å². The van der Waals surface area contributed by atoms with E-state index < -0.39 is 16.0 Å². The van der Waals surface area contributed by atoms with Crippen LogP contribution in [0.4, 0.5) is 5.95 Å². The molecule has 9 heteroatoms. The molecule has 1 heterocycles. The molecule has 21 heavy (non-hydrogen) atoms. The molecule has 2 aromatic rings. The van der Waals surface area contributed by atoms with Crippen molar-refractivity contribution in [2.45, 2.75) is 11.8 Å². The molecule has 0 saturated heterocycles. The lowest BCUT2D eigenvalue weighted by Gasteiger charge is -2.09. The van der Waals surface area contributed by atoms with E-state index in [0.29, 0.717) is 5.56 Å². The standard InChI is InChI=1S/C12H10ClN3O4S/c1-7-2-3-8(11(17)18)6-9(7)21(19,20)16-12-14-5-4-10(13)15-12/h2-6H,1H3,(H,17,18)(H,14,15,16). The molecule has 0 bridgehead atoms. The molecule has 0 amide bonds. The van der Waals surface area contributed by atoms with Crippen LogP contribution in [0.15, 0.2) is 35.4 Å². The predicted molar refractivity (Wildman–Crippen MR) is 76.0 cm³/mol. The van der Waals surface area contributed by atoms with Crippen LogP contribution in [0.1, 0.15) is 15.9 Å². The number of sulfonamides is 1. The Morgan fingerprint density at radius 3 is 2.67 bits per heavy atom. The average molecular weight is 328 g/mol. The molecule has 0 aliphatic heterocycles. The second-order valence-corrected chi connectivity index (χ2v) is 6.13. The summed E-state index contributed by atoms with van der Waals surface area (Å²) >= 11 is 5.65. The fourth-order valence-corrected chi connectivity index (χ4v) is 2.94. The van der Waals surface area contributed by atoms with Gasteiger partial charge in [0.25, 0.3) is 10.0 Å². The van der Waals surface area contributed by atoms with Crippen molar-refractivity contribution in [1.29, 1.82) is 0 Å². The molecule has 0 aliphatic rings. The molecule has 0 radical (unpaired) electrons. The van der Waals surface area contributed by atoms with Crippen LogP contribution in [0.3, 0.4) is 0 Å². The first kappa shape index (κ1) is 15.2. The third-order valence-corrected chi connectivity index (χ3v) is 4.25. The van der Waals surface area contributed by atoms with Gasteiger partial charge in [-0.25, -0.2) is 27.9 Å². The van der Waals surface area contributed by atoms with Gasteiger partial charge in [-0.15, -0.1) is 0 Å². The maximum atomic E-state index is 12.3. The van der Waals surface area contributed by atoms with Crippen molar-refractivity contribution in [2.24, 2.45) is 0 Å². The minimum atomic E-state index is -4.01. The van der Waals surface area contributed by atoms with Gasteiger partial charge in [-0.05, 0) is 30.7 Å². The molecule has 0 atom stereocenters. The van der Waals surface area contributed by atoms with Crippen molar-refractivity contribution in [2.75, 3.05) is 4.72 Å². The molecule has 1 aromatic heterocycles. The highest BCUT2D eigenvalue weighted by Crippen LogP contribution is 2.20. The number of nitrogens with one attached hydrogen (secondary N) is 1. The molecular weight excluding hydrogens is 318 g/mol. The number of nitrogens with zero attached hydrogens (tertiary/aromatic N) is 2. The number of carboxylic acids is 1.